The fourth-order valence-corrected chi connectivity index (χ4v) is 1.34. The quantitative estimate of drug-likeness (QED) is 0.616. The van der Waals surface area contributed by atoms with Crippen LogP contribution < -0.4 is 5.73 Å². The summed E-state index contributed by atoms with van der Waals surface area (Å²) in [5.74, 6) is 0. The minimum absolute atomic E-state index is 0.0343. The standard InChI is InChI=1S/C9H11N3/c1-12-5-3-7-6-11-4-2-8(7)9(12)10/h2-6,9H,10H2,1H3. The Balaban J connectivity index is 2.52. The van der Waals surface area contributed by atoms with Gasteiger partial charge in [0, 0.05) is 31.2 Å². The second kappa shape index (κ2) is 2.60. The predicted octanol–water partition coefficient (Wildman–Crippen LogP) is 0.955. The van der Waals surface area contributed by atoms with Gasteiger partial charge in [-0.05, 0) is 17.7 Å². The highest BCUT2D eigenvalue weighted by atomic mass is 15.2. The van der Waals surface area contributed by atoms with Crippen molar-refractivity contribution in [1.82, 2.24) is 9.88 Å². The van der Waals surface area contributed by atoms with Crippen LogP contribution >= 0.6 is 0 Å². The van der Waals surface area contributed by atoms with Crippen molar-refractivity contribution in [3.63, 3.8) is 0 Å². The molecule has 3 heteroatoms. The molecular weight excluding hydrogens is 150 g/mol. The summed E-state index contributed by atoms with van der Waals surface area (Å²) in [6.45, 7) is 0. The van der Waals surface area contributed by atoms with Crippen LogP contribution in [0.3, 0.4) is 0 Å². The number of pyridine rings is 1. The topological polar surface area (TPSA) is 42.2 Å². The molecule has 1 aromatic rings. The molecule has 0 spiro atoms. The Morgan fingerprint density at radius 2 is 2.42 bits per heavy atom. The Bertz CT molecular complexity index is 319. The molecule has 0 amide bonds. The number of aromatic nitrogens is 1. The van der Waals surface area contributed by atoms with Gasteiger partial charge < -0.3 is 10.6 Å². The van der Waals surface area contributed by atoms with Gasteiger partial charge in [-0.3, -0.25) is 4.98 Å². The molecule has 1 aromatic heterocycles. The highest BCUT2D eigenvalue weighted by Crippen LogP contribution is 2.23. The van der Waals surface area contributed by atoms with Crippen molar-refractivity contribution in [2.75, 3.05) is 7.05 Å². The molecule has 0 aliphatic carbocycles. The summed E-state index contributed by atoms with van der Waals surface area (Å²) in [5, 5.41) is 0. The molecule has 1 atom stereocenters. The Morgan fingerprint density at radius 3 is 3.25 bits per heavy atom. The minimum Gasteiger partial charge on any atom is -0.361 e. The third kappa shape index (κ3) is 0.987. The first-order valence-electron chi connectivity index (χ1n) is 3.88. The molecule has 12 heavy (non-hydrogen) atoms. The van der Waals surface area contributed by atoms with Gasteiger partial charge in [-0.1, -0.05) is 0 Å². The SMILES string of the molecule is CN1C=Cc2cnccc2C1N. The Morgan fingerprint density at radius 1 is 1.58 bits per heavy atom. The van der Waals surface area contributed by atoms with Crippen molar-refractivity contribution >= 4 is 6.08 Å². The van der Waals surface area contributed by atoms with Crippen molar-refractivity contribution in [2.45, 2.75) is 6.17 Å². The van der Waals surface area contributed by atoms with E-state index in [1.165, 1.54) is 0 Å². The van der Waals surface area contributed by atoms with Crippen LogP contribution in [0.1, 0.15) is 17.3 Å². The molecule has 3 nitrogen and oxygen atoms in total. The number of nitrogens with zero attached hydrogens (tertiary/aromatic N) is 2. The molecule has 1 unspecified atom stereocenters. The van der Waals surface area contributed by atoms with Gasteiger partial charge in [0.2, 0.25) is 0 Å². The van der Waals surface area contributed by atoms with Crippen LogP contribution in [-0.2, 0) is 0 Å². The van der Waals surface area contributed by atoms with Gasteiger partial charge in [-0.15, -0.1) is 0 Å². The fraction of sp³-hybridized carbons (Fsp3) is 0.222. The summed E-state index contributed by atoms with van der Waals surface area (Å²) in [5.41, 5.74) is 8.18. The van der Waals surface area contributed by atoms with E-state index in [0.29, 0.717) is 0 Å². The minimum atomic E-state index is -0.0343. The lowest BCUT2D eigenvalue weighted by molar-refractivity contribution is 0.342. The second-order valence-corrected chi connectivity index (χ2v) is 2.93. The van der Waals surface area contributed by atoms with E-state index >= 15 is 0 Å². The van der Waals surface area contributed by atoms with Gasteiger partial charge in [0.1, 0.15) is 6.17 Å². The zero-order valence-corrected chi connectivity index (χ0v) is 6.94. The van der Waals surface area contributed by atoms with Crippen LogP contribution in [0, 0.1) is 0 Å². The summed E-state index contributed by atoms with van der Waals surface area (Å²) >= 11 is 0. The normalized spacial score (nSPS) is 20.8. The van der Waals surface area contributed by atoms with Gasteiger partial charge in [0.15, 0.2) is 0 Å². The van der Waals surface area contributed by atoms with E-state index in [9.17, 15) is 0 Å². The van der Waals surface area contributed by atoms with Crippen molar-refractivity contribution in [3.8, 4) is 0 Å². The van der Waals surface area contributed by atoms with Crippen LogP contribution in [0.2, 0.25) is 0 Å². The van der Waals surface area contributed by atoms with Crippen LogP contribution in [0.15, 0.2) is 24.7 Å². The fourth-order valence-electron chi connectivity index (χ4n) is 1.34. The monoisotopic (exact) mass is 161 g/mol. The molecule has 0 saturated heterocycles. The molecule has 2 N–H and O–H groups in total. The lowest BCUT2D eigenvalue weighted by atomic mass is 10.1. The van der Waals surface area contributed by atoms with Crippen LogP contribution in [0.4, 0.5) is 0 Å². The second-order valence-electron chi connectivity index (χ2n) is 2.93. The molecule has 0 bridgehead atoms. The molecule has 2 heterocycles. The number of nitrogens with two attached hydrogens (primary N) is 1. The Hall–Kier alpha value is -1.35. The van der Waals surface area contributed by atoms with Crippen molar-refractivity contribution in [3.05, 3.63) is 35.8 Å². The summed E-state index contributed by atoms with van der Waals surface area (Å²) in [7, 11) is 1.96. The van der Waals surface area contributed by atoms with Gasteiger partial charge in [0.05, 0.1) is 0 Å². The first-order chi connectivity index (χ1) is 5.79. The maximum atomic E-state index is 5.94. The molecule has 1 aliphatic rings. The van der Waals surface area contributed by atoms with E-state index in [1.54, 1.807) is 6.20 Å². The van der Waals surface area contributed by atoms with E-state index in [-0.39, 0.29) is 6.17 Å². The van der Waals surface area contributed by atoms with E-state index in [1.807, 2.05) is 36.5 Å². The third-order valence-corrected chi connectivity index (χ3v) is 2.13. The van der Waals surface area contributed by atoms with E-state index in [4.69, 9.17) is 5.73 Å². The Labute approximate surface area is 71.5 Å². The van der Waals surface area contributed by atoms with Crippen molar-refractivity contribution in [2.24, 2.45) is 5.73 Å². The van der Waals surface area contributed by atoms with Crippen LogP contribution in [0.25, 0.3) is 6.08 Å². The third-order valence-electron chi connectivity index (χ3n) is 2.13. The zero-order chi connectivity index (χ0) is 8.55. The van der Waals surface area contributed by atoms with Crippen molar-refractivity contribution in [1.29, 1.82) is 0 Å². The molecular formula is C9H11N3. The largest absolute Gasteiger partial charge is 0.361 e. The van der Waals surface area contributed by atoms with Crippen LogP contribution in [0.5, 0.6) is 0 Å². The average Bonchev–Trinajstić information content (AvgIpc) is 2.12. The predicted molar refractivity (Wildman–Crippen MR) is 48.0 cm³/mol. The molecule has 62 valence electrons. The van der Waals surface area contributed by atoms with Gasteiger partial charge in [-0.25, -0.2) is 0 Å². The average molecular weight is 161 g/mol. The molecule has 0 fully saturated rings. The number of rotatable bonds is 0. The summed E-state index contributed by atoms with van der Waals surface area (Å²) in [6, 6.07) is 1.96. The molecule has 1 aliphatic heterocycles. The number of hydrogen-bond donors (Lipinski definition) is 1. The number of hydrogen-bond acceptors (Lipinski definition) is 3. The van der Waals surface area contributed by atoms with Gasteiger partial charge in [-0.2, -0.15) is 0 Å². The summed E-state index contributed by atoms with van der Waals surface area (Å²) in [4.78, 5) is 6.01. The maximum absolute atomic E-state index is 5.94. The van der Waals surface area contributed by atoms with E-state index in [2.05, 4.69) is 4.98 Å². The zero-order valence-electron chi connectivity index (χ0n) is 6.94. The smallest absolute Gasteiger partial charge is 0.103 e. The highest BCUT2D eigenvalue weighted by molar-refractivity contribution is 5.55. The first kappa shape index (κ1) is 7.31. The number of fused-ring (bicyclic) bond motifs is 1. The molecule has 0 saturated carbocycles. The van der Waals surface area contributed by atoms with Crippen LogP contribution in [-0.4, -0.2) is 16.9 Å². The molecule has 0 aromatic carbocycles. The highest BCUT2D eigenvalue weighted by Gasteiger charge is 2.15. The van der Waals surface area contributed by atoms with E-state index in [0.717, 1.165) is 11.1 Å². The summed E-state index contributed by atoms with van der Waals surface area (Å²) < 4.78 is 0. The maximum Gasteiger partial charge on any atom is 0.103 e. The molecule has 2 rings (SSSR count). The van der Waals surface area contributed by atoms with Gasteiger partial charge in [0.25, 0.3) is 0 Å². The van der Waals surface area contributed by atoms with Crippen molar-refractivity contribution < 1.29 is 0 Å². The Kier molecular flexibility index (Phi) is 1.59. The first-order valence-corrected chi connectivity index (χ1v) is 3.88. The summed E-state index contributed by atoms with van der Waals surface area (Å²) in [6.07, 6.45) is 7.55. The molecule has 0 radical (unpaired) electrons. The lowest BCUT2D eigenvalue weighted by Gasteiger charge is -2.27. The van der Waals surface area contributed by atoms with E-state index < -0.39 is 0 Å². The lowest BCUT2D eigenvalue weighted by Crippen LogP contribution is -2.29. The van der Waals surface area contributed by atoms with Gasteiger partial charge >= 0.3 is 0 Å².